The van der Waals surface area contributed by atoms with Crippen LogP contribution in [0.15, 0.2) is 60.8 Å². The van der Waals surface area contributed by atoms with Crippen LogP contribution in [0.2, 0.25) is 0 Å². The molecule has 3 heterocycles. The quantitative estimate of drug-likeness (QED) is 0.578. The van der Waals surface area contributed by atoms with Crippen molar-refractivity contribution in [2.75, 3.05) is 37.5 Å². The highest BCUT2D eigenvalue weighted by atomic mass is 16.5. The number of aryl methyl sites for hydroxylation is 1. The van der Waals surface area contributed by atoms with Crippen LogP contribution in [0.25, 0.3) is 0 Å². The molecule has 0 spiro atoms. The molecule has 8 nitrogen and oxygen atoms in total. The summed E-state index contributed by atoms with van der Waals surface area (Å²) in [6, 6.07) is 16.4. The molecular weight excluding hydrogens is 430 g/mol. The van der Waals surface area contributed by atoms with Gasteiger partial charge in [0.25, 0.3) is 11.8 Å². The Kier molecular flexibility index (Phi) is 7.06. The minimum absolute atomic E-state index is 0.0490. The number of ether oxygens (including phenoxy) is 1. The maximum absolute atomic E-state index is 13.0. The molecule has 1 fully saturated rings. The van der Waals surface area contributed by atoms with Crippen LogP contribution in [0.1, 0.15) is 40.6 Å². The second-order valence-corrected chi connectivity index (χ2v) is 8.55. The van der Waals surface area contributed by atoms with E-state index in [0.29, 0.717) is 23.8 Å². The first kappa shape index (κ1) is 23.2. The molecule has 3 aromatic rings. The van der Waals surface area contributed by atoms with Crippen molar-refractivity contribution in [2.24, 2.45) is 0 Å². The van der Waals surface area contributed by atoms with Gasteiger partial charge < -0.3 is 19.9 Å². The molecule has 2 amide bonds. The number of carbonyl (C=O) groups is 2. The molecule has 1 N–H and O–H groups in total. The minimum atomic E-state index is -0.335. The first-order valence-electron chi connectivity index (χ1n) is 11.3. The first-order chi connectivity index (χ1) is 16.4. The van der Waals surface area contributed by atoms with E-state index in [0.717, 1.165) is 24.1 Å². The number of nitrogens with zero attached hydrogens (tertiary/aromatic N) is 4. The SMILES string of the molecule is Cc1ccc(NC(=O)c2cccc(C3CCCN3C(=O)COc3cccc(N(C)C)c3)n2)nc1. The molecule has 2 aromatic heterocycles. The highest BCUT2D eigenvalue weighted by Crippen LogP contribution is 2.31. The molecule has 1 aromatic carbocycles. The van der Waals surface area contributed by atoms with Crippen LogP contribution in [0.4, 0.5) is 11.5 Å². The lowest BCUT2D eigenvalue weighted by Crippen LogP contribution is -2.35. The van der Waals surface area contributed by atoms with E-state index in [2.05, 4.69) is 15.3 Å². The molecule has 1 aliphatic rings. The maximum atomic E-state index is 13.0. The second kappa shape index (κ2) is 10.3. The van der Waals surface area contributed by atoms with Crippen molar-refractivity contribution < 1.29 is 14.3 Å². The van der Waals surface area contributed by atoms with E-state index in [9.17, 15) is 9.59 Å². The zero-order chi connectivity index (χ0) is 24.1. The van der Waals surface area contributed by atoms with Crippen LogP contribution in [0.3, 0.4) is 0 Å². The van der Waals surface area contributed by atoms with E-state index in [4.69, 9.17) is 4.74 Å². The van der Waals surface area contributed by atoms with Gasteiger partial charge in [0.1, 0.15) is 17.3 Å². The molecular formula is C26H29N5O3. The van der Waals surface area contributed by atoms with E-state index in [-0.39, 0.29) is 30.2 Å². The molecule has 1 atom stereocenters. The number of hydrogen-bond acceptors (Lipinski definition) is 6. The molecule has 1 saturated heterocycles. The van der Waals surface area contributed by atoms with Crippen LogP contribution in [0.5, 0.6) is 5.75 Å². The molecule has 0 bridgehead atoms. The Balaban J connectivity index is 1.42. The predicted molar refractivity (Wildman–Crippen MR) is 131 cm³/mol. The molecule has 4 rings (SSSR count). The fraction of sp³-hybridized carbons (Fsp3) is 0.308. The van der Waals surface area contributed by atoms with Gasteiger partial charge in [-0.3, -0.25) is 9.59 Å². The Labute approximate surface area is 199 Å². The third kappa shape index (κ3) is 5.51. The summed E-state index contributed by atoms with van der Waals surface area (Å²) in [6.45, 7) is 2.52. The number of amides is 2. The standard InChI is InChI=1S/C26H29N5O3/c1-18-12-13-24(27-16-18)29-26(33)22-10-5-9-21(28-22)23-11-6-14-31(23)25(32)17-34-20-8-4-7-19(15-20)30(2)3/h4-5,7-10,12-13,15-16,23H,6,11,14,17H2,1-3H3,(H,27,29,33). The number of nitrogens with one attached hydrogen (secondary N) is 1. The summed E-state index contributed by atoms with van der Waals surface area (Å²) < 4.78 is 5.78. The minimum Gasteiger partial charge on any atom is -0.484 e. The topological polar surface area (TPSA) is 87.7 Å². The first-order valence-corrected chi connectivity index (χ1v) is 11.3. The Morgan fingerprint density at radius 2 is 1.97 bits per heavy atom. The van der Waals surface area contributed by atoms with Crippen LogP contribution in [-0.2, 0) is 4.79 Å². The van der Waals surface area contributed by atoms with Crippen molar-refractivity contribution in [2.45, 2.75) is 25.8 Å². The zero-order valence-corrected chi connectivity index (χ0v) is 19.7. The van der Waals surface area contributed by atoms with E-state index < -0.39 is 0 Å². The summed E-state index contributed by atoms with van der Waals surface area (Å²) in [4.78, 5) is 38.2. The normalized spacial score (nSPS) is 15.1. The predicted octanol–water partition coefficient (Wildman–Crippen LogP) is 3.85. The Bertz CT molecular complexity index is 1160. The van der Waals surface area contributed by atoms with Crippen molar-refractivity contribution in [3.05, 3.63) is 77.7 Å². The Morgan fingerprint density at radius 3 is 2.74 bits per heavy atom. The number of anilines is 2. The number of aromatic nitrogens is 2. The van der Waals surface area contributed by atoms with Crippen LogP contribution in [0, 0.1) is 6.92 Å². The van der Waals surface area contributed by atoms with Gasteiger partial charge in [-0.15, -0.1) is 0 Å². The lowest BCUT2D eigenvalue weighted by atomic mass is 10.1. The van der Waals surface area contributed by atoms with Gasteiger partial charge in [0.05, 0.1) is 11.7 Å². The molecule has 1 aliphatic heterocycles. The Hall–Kier alpha value is -3.94. The molecule has 0 saturated carbocycles. The number of carbonyl (C=O) groups excluding carboxylic acids is 2. The van der Waals surface area contributed by atoms with Crippen molar-refractivity contribution in [1.29, 1.82) is 0 Å². The van der Waals surface area contributed by atoms with Crippen molar-refractivity contribution in [1.82, 2.24) is 14.9 Å². The van der Waals surface area contributed by atoms with Gasteiger partial charge in [-0.05, 0) is 55.7 Å². The summed E-state index contributed by atoms with van der Waals surface area (Å²) in [5.74, 6) is 0.684. The summed E-state index contributed by atoms with van der Waals surface area (Å²) >= 11 is 0. The third-order valence-corrected chi connectivity index (χ3v) is 5.77. The zero-order valence-electron chi connectivity index (χ0n) is 19.7. The summed E-state index contributed by atoms with van der Waals surface area (Å²) in [7, 11) is 3.91. The van der Waals surface area contributed by atoms with E-state index in [1.165, 1.54) is 0 Å². The van der Waals surface area contributed by atoms with Crippen LogP contribution in [-0.4, -0.2) is 53.9 Å². The largest absolute Gasteiger partial charge is 0.484 e. The lowest BCUT2D eigenvalue weighted by molar-refractivity contribution is -0.134. The summed E-state index contributed by atoms with van der Waals surface area (Å²) in [6.07, 6.45) is 3.36. The fourth-order valence-corrected chi connectivity index (χ4v) is 3.94. The number of pyridine rings is 2. The maximum Gasteiger partial charge on any atom is 0.275 e. The van der Waals surface area contributed by atoms with Gasteiger partial charge in [-0.25, -0.2) is 9.97 Å². The van der Waals surface area contributed by atoms with Gasteiger partial charge in [-0.2, -0.15) is 0 Å². The monoisotopic (exact) mass is 459 g/mol. The van der Waals surface area contributed by atoms with Gasteiger partial charge >= 0.3 is 0 Å². The van der Waals surface area contributed by atoms with Crippen LogP contribution < -0.4 is 15.0 Å². The molecule has 176 valence electrons. The fourth-order valence-electron chi connectivity index (χ4n) is 3.94. The molecule has 0 aliphatic carbocycles. The third-order valence-electron chi connectivity index (χ3n) is 5.77. The van der Waals surface area contributed by atoms with E-state index in [1.54, 1.807) is 29.3 Å². The Morgan fingerprint density at radius 1 is 1.15 bits per heavy atom. The number of rotatable bonds is 7. The smallest absolute Gasteiger partial charge is 0.275 e. The second-order valence-electron chi connectivity index (χ2n) is 8.55. The summed E-state index contributed by atoms with van der Waals surface area (Å²) in [5.41, 5.74) is 3.00. The molecule has 0 radical (unpaired) electrons. The summed E-state index contributed by atoms with van der Waals surface area (Å²) in [5, 5.41) is 2.77. The van der Waals surface area contributed by atoms with E-state index in [1.807, 2.05) is 62.3 Å². The number of benzene rings is 1. The van der Waals surface area contributed by atoms with Gasteiger partial charge in [0.15, 0.2) is 6.61 Å². The van der Waals surface area contributed by atoms with Crippen molar-refractivity contribution in [3.63, 3.8) is 0 Å². The number of likely N-dealkylation sites (tertiary alicyclic amines) is 1. The van der Waals surface area contributed by atoms with E-state index >= 15 is 0 Å². The average Bonchev–Trinajstić information content (AvgIpc) is 3.34. The highest BCUT2D eigenvalue weighted by molar-refractivity contribution is 6.02. The van der Waals surface area contributed by atoms with Gasteiger partial charge in [0, 0.05) is 38.6 Å². The average molecular weight is 460 g/mol. The van der Waals surface area contributed by atoms with Gasteiger partial charge in [-0.1, -0.05) is 18.2 Å². The molecule has 8 heteroatoms. The highest BCUT2D eigenvalue weighted by Gasteiger charge is 2.31. The molecule has 34 heavy (non-hydrogen) atoms. The van der Waals surface area contributed by atoms with Crippen LogP contribution >= 0.6 is 0 Å². The molecule has 1 unspecified atom stereocenters. The number of hydrogen-bond donors (Lipinski definition) is 1. The van der Waals surface area contributed by atoms with Crippen molar-refractivity contribution >= 4 is 23.3 Å². The van der Waals surface area contributed by atoms with Gasteiger partial charge in [0.2, 0.25) is 0 Å². The lowest BCUT2D eigenvalue weighted by Gasteiger charge is -2.24. The van der Waals surface area contributed by atoms with Crippen molar-refractivity contribution in [3.8, 4) is 5.75 Å².